The van der Waals surface area contributed by atoms with Crippen LogP contribution in [0.2, 0.25) is 0 Å². The van der Waals surface area contributed by atoms with Crippen molar-refractivity contribution in [2.24, 2.45) is 0 Å². The van der Waals surface area contributed by atoms with E-state index in [1.807, 2.05) is 89.9 Å². The SMILES string of the molecule is CCCC1(CCC)O[C@@H]2[C@H](O1)[C@@H](COC(c1ccccc1)(c1ccccc1)c1ccc(OC)cc1)O[C@H]2n1cc(F)c(=O)[nH]c1=O. The molecule has 2 aliphatic rings. The quantitative estimate of drug-likeness (QED) is 0.201. The average Bonchev–Trinajstić information content (AvgIpc) is 3.60. The molecule has 46 heavy (non-hydrogen) atoms. The van der Waals surface area contributed by atoms with Crippen molar-refractivity contribution in [3.8, 4) is 5.75 Å². The molecule has 0 spiro atoms. The van der Waals surface area contributed by atoms with Crippen LogP contribution >= 0.6 is 0 Å². The highest BCUT2D eigenvalue weighted by atomic mass is 19.1. The van der Waals surface area contributed by atoms with Gasteiger partial charge in [0.15, 0.2) is 12.0 Å². The molecule has 1 N–H and O–H groups in total. The number of ether oxygens (including phenoxy) is 5. The summed E-state index contributed by atoms with van der Waals surface area (Å²) in [5.41, 5.74) is -0.315. The van der Waals surface area contributed by atoms with Gasteiger partial charge in [0, 0.05) is 12.8 Å². The number of fused-ring (bicyclic) bond motifs is 1. The molecule has 2 aliphatic heterocycles. The Morgan fingerprint density at radius 2 is 1.41 bits per heavy atom. The number of rotatable bonds is 12. The van der Waals surface area contributed by atoms with Crippen molar-refractivity contribution in [2.45, 2.75) is 75.5 Å². The van der Waals surface area contributed by atoms with Crippen molar-refractivity contribution < 1.29 is 28.1 Å². The first kappa shape index (κ1) is 31.9. The number of nitrogens with one attached hydrogen (secondary N) is 1. The summed E-state index contributed by atoms with van der Waals surface area (Å²) in [6.07, 6.45) is 0.590. The zero-order valence-corrected chi connectivity index (χ0v) is 26.2. The number of hydrogen-bond donors (Lipinski definition) is 1. The zero-order chi connectivity index (χ0) is 32.3. The molecule has 3 aromatic carbocycles. The van der Waals surface area contributed by atoms with Crippen LogP contribution in [0.5, 0.6) is 5.75 Å². The highest BCUT2D eigenvalue weighted by Crippen LogP contribution is 2.48. The maximum atomic E-state index is 14.5. The first-order chi connectivity index (χ1) is 22.3. The standard InChI is InChI=1S/C36H39FN2O7/c1-4-20-35(21-5-2)45-30-29(44-33(31(30)46-35)39-22-28(37)32(40)38-34(39)41)23-43-36(24-12-8-6-9-13-24,25-14-10-7-11-15-25)26-16-18-27(42-3)19-17-26/h6-19,22,29-31,33H,4-5,20-21,23H2,1-3H3,(H,38,40,41)/t29-,30-,31-,33-/m1/s1. The summed E-state index contributed by atoms with van der Waals surface area (Å²) >= 11 is 0. The monoisotopic (exact) mass is 630 g/mol. The van der Waals surface area contributed by atoms with Gasteiger partial charge in [0.25, 0.3) is 5.56 Å². The van der Waals surface area contributed by atoms with Gasteiger partial charge in [-0.15, -0.1) is 0 Å². The minimum atomic E-state index is -1.10. The fourth-order valence-corrected chi connectivity index (χ4v) is 6.76. The van der Waals surface area contributed by atoms with E-state index < -0.39 is 53.0 Å². The zero-order valence-electron chi connectivity index (χ0n) is 26.2. The van der Waals surface area contributed by atoms with Gasteiger partial charge in [-0.3, -0.25) is 14.3 Å². The average molecular weight is 631 g/mol. The molecule has 0 radical (unpaired) electrons. The summed E-state index contributed by atoms with van der Waals surface area (Å²) in [5, 5.41) is 0. The Balaban J connectivity index is 1.43. The molecule has 0 aliphatic carbocycles. The maximum absolute atomic E-state index is 14.5. The number of nitrogens with zero attached hydrogens (tertiary/aromatic N) is 1. The number of aromatic amines is 1. The van der Waals surface area contributed by atoms with Crippen LogP contribution in [0, 0.1) is 5.82 Å². The molecule has 2 saturated heterocycles. The third-order valence-corrected chi connectivity index (χ3v) is 8.77. The maximum Gasteiger partial charge on any atom is 0.330 e. The van der Waals surface area contributed by atoms with Gasteiger partial charge in [-0.25, -0.2) is 4.79 Å². The summed E-state index contributed by atoms with van der Waals surface area (Å²) < 4.78 is 47.8. The molecular formula is C36H39FN2O7. The molecule has 10 heteroatoms. The van der Waals surface area contributed by atoms with Gasteiger partial charge >= 0.3 is 5.69 Å². The smallest absolute Gasteiger partial charge is 0.330 e. The topological polar surface area (TPSA) is 101 Å². The summed E-state index contributed by atoms with van der Waals surface area (Å²) in [4.78, 5) is 26.8. The van der Waals surface area contributed by atoms with Crippen molar-refractivity contribution >= 4 is 0 Å². The van der Waals surface area contributed by atoms with Crippen LogP contribution < -0.4 is 16.0 Å². The van der Waals surface area contributed by atoms with E-state index in [0.29, 0.717) is 18.6 Å². The Labute approximate surface area is 266 Å². The van der Waals surface area contributed by atoms with Crippen LogP contribution in [-0.4, -0.2) is 47.4 Å². The Morgan fingerprint density at radius 3 is 1.98 bits per heavy atom. The van der Waals surface area contributed by atoms with Crippen molar-refractivity contribution in [3.63, 3.8) is 0 Å². The number of methoxy groups -OCH3 is 1. The number of benzene rings is 3. The minimum absolute atomic E-state index is 0.0335. The molecule has 3 heterocycles. The number of aromatic nitrogens is 2. The van der Waals surface area contributed by atoms with Gasteiger partial charge in [0.1, 0.15) is 29.7 Å². The largest absolute Gasteiger partial charge is 0.497 e. The van der Waals surface area contributed by atoms with Crippen LogP contribution in [0.4, 0.5) is 4.39 Å². The number of H-pyrrole nitrogens is 1. The van der Waals surface area contributed by atoms with Crippen LogP contribution in [-0.2, 0) is 24.5 Å². The predicted octanol–water partition coefficient (Wildman–Crippen LogP) is 5.67. The van der Waals surface area contributed by atoms with Crippen molar-refractivity contribution in [3.05, 3.63) is 134 Å². The second-order valence-corrected chi connectivity index (χ2v) is 11.7. The van der Waals surface area contributed by atoms with Crippen LogP contribution in [0.1, 0.15) is 62.4 Å². The van der Waals surface area contributed by atoms with E-state index in [1.54, 1.807) is 7.11 Å². The lowest BCUT2D eigenvalue weighted by atomic mass is 9.80. The minimum Gasteiger partial charge on any atom is -0.497 e. The van der Waals surface area contributed by atoms with Crippen LogP contribution in [0.3, 0.4) is 0 Å². The molecule has 9 nitrogen and oxygen atoms in total. The lowest BCUT2D eigenvalue weighted by Crippen LogP contribution is -2.40. The van der Waals surface area contributed by atoms with E-state index in [-0.39, 0.29) is 6.61 Å². The van der Waals surface area contributed by atoms with Gasteiger partial charge in [-0.05, 0) is 28.8 Å². The molecule has 0 saturated carbocycles. The fourth-order valence-electron chi connectivity index (χ4n) is 6.76. The normalized spacial score (nSPS) is 22.1. The van der Waals surface area contributed by atoms with E-state index >= 15 is 0 Å². The van der Waals surface area contributed by atoms with Crippen molar-refractivity contribution in [1.29, 1.82) is 0 Å². The second kappa shape index (κ2) is 13.3. The van der Waals surface area contributed by atoms with E-state index in [1.165, 1.54) is 0 Å². The lowest BCUT2D eigenvalue weighted by molar-refractivity contribution is -0.230. The van der Waals surface area contributed by atoms with E-state index in [2.05, 4.69) is 13.8 Å². The highest BCUT2D eigenvalue weighted by Gasteiger charge is 2.59. The van der Waals surface area contributed by atoms with Crippen LogP contribution in [0.25, 0.3) is 0 Å². The summed E-state index contributed by atoms with van der Waals surface area (Å²) in [7, 11) is 1.62. The Kier molecular flexibility index (Phi) is 9.24. The third kappa shape index (κ3) is 5.82. The first-order valence-electron chi connectivity index (χ1n) is 15.8. The molecular weight excluding hydrogens is 591 g/mol. The predicted molar refractivity (Wildman–Crippen MR) is 169 cm³/mol. The fraction of sp³-hybridized carbons (Fsp3) is 0.389. The molecule has 242 valence electrons. The van der Waals surface area contributed by atoms with Gasteiger partial charge in [-0.1, -0.05) is 99.5 Å². The molecule has 6 rings (SSSR count). The molecule has 4 aromatic rings. The van der Waals surface area contributed by atoms with Gasteiger partial charge in [0.05, 0.1) is 19.9 Å². The van der Waals surface area contributed by atoms with Gasteiger partial charge in [0.2, 0.25) is 5.82 Å². The highest BCUT2D eigenvalue weighted by molar-refractivity contribution is 5.48. The molecule has 4 atom stereocenters. The van der Waals surface area contributed by atoms with Gasteiger partial charge < -0.3 is 23.7 Å². The lowest BCUT2D eigenvalue weighted by Gasteiger charge is -2.37. The van der Waals surface area contributed by atoms with E-state index in [0.717, 1.165) is 40.3 Å². The van der Waals surface area contributed by atoms with Crippen LogP contribution in [0.15, 0.2) is 101 Å². The molecule has 2 fully saturated rings. The summed E-state index contributed by atoms with van der Waals surface area (Å²) in [6.45, 7) is 4.14. The Bertz CT molecular complexity index is 1680. The van der Waals surface area contributed by atoms with Crippen molar-refractivity contribution in [1.82, 2.24) is 9.55 Å². The third-order valence-electron chi connectivity index (χ3n) is 8.77. The molecule has 0 amide bonds. The molecule has 0 unspecified atom stereocenters. The molecule has 0 bridgehead atoms. The molecule has 1 aromatic heterocycles. The number of hydrogen-bond acceptors (Lipinski definition) is 7. The van der Waals surface area contributed by atoms with E-state index in [9.17, 15) is 14.0 Å². The van der Waals surface area contributed by atoms with Crippen molar-refractivity contribution in [2.75, 3.05) is 13.7 Å². The Hall–Kier alpha value is -4.09. The van der Waals surface area contributed by atoms with E-state index in [4.69, 9.17) is 23.7 Å². The summed E-state index contributed by atoms with van der Waals surface area (Å²) in [6, 6.07) is 27.6. The first-order valence-corrected chi connectivity index (χ1v) is 15.8. The van der Waals surface area contributed by atoms with Gasteiger partial charge in [-0.2, -0.15) is 4.39 Å². The number of halogens is 1. The summed E-state index contributed by atoms with van der Waals surface area (Å²) in [5.74, 6) is -1.28. The second-order valence-electron chi connectivity index (χ2n) is 11.7. The Morgan fingerprint density at radius 1 is 0.848 bits per heavy atom.